The second-order valence-electron chi connectivity index (χ2n) is 11.8. The molecule has 2 aliphatic carbocycles. The van der Waals surface area contributed by atoms with Crippen LogP contribution in [0, 0.1) is 11.8 Å². The lowest BCUT2D eigenvalue weighted by Gasteiger charge is -2.37. The van der Waals surface area contributed by atoms with Gasteiger partial charge in [0.15, 0.2) is 5.69 Å². The Bertz CT molecular complexity index is 1350. The third-order valence-electron chi connectivity index (χ3n) is 9.21. The van der Waals surface area contributed by atoms with Gasteiger partial charge in [0, 0.05) is 49.4 Å². The molecule has 4 aliphatic rings. The standard InChI is InChI=1S/C28H33F4N5O4/c1-14-10-16(41-26-18(28(30,31)32)4-3-7-33-26)5-9-36(14)22(39)13-37-20-11-17-15(2)23(17)24(20)25(34-37)27(40)35-8-6-21(38)19(29)12-35/h3-4,7,14-17,19,21,23,38H,5-6,8-13H2,1-2H3/t14-,15+,16+,17-,19-,21+,23+/m0/s1. The topological polar surface area (TPSA) is 101 Å². The van der Waals surface area contributed by atoms with Crippen LogP contribution in [-0.4, -0.2) is 85.5 Å². The minimum atomic E-state index is -4.59. The highest BCUT2D eigenvalue weighted by atomic mass is 19.4. The summed E-state index contributed by atoms with van der Waals surface area (Å²) in [6.45, 7) is 4.23. The molecule has 41 heavy (non-hydrogen) atoms. The summed E-state index contributed by atoms with van der Waals surface area (Å²) in [5.41, 5.74) is 1.06. The molecular formula is C28H33F4N5O4. The van der Waals surface area contributed by atoms with E-state index < -0.39 is 36.0 Å². The van der Waals surface area contributed by atoms with Crippen molar-refractivity contribution in [1.29, 1.82) is 0 Å². The van der Waals surface area contributed by atoms with Gasteiger partial charge in [0.05, 0.1) is 12.6 Å². The van der Waals surface area contributed by atoms with Gasteiger partial charge in [-0.2, -0.15) is 18.3 Å². The number of rotatable bonds is 5. The fourth-order valence-electron chi connectivity index (χ4n) is 6.83. The second kappa shape index (κ2) is 10.2. The van der Waals surface area contributed by atoms with Gasteiger partial charge < -0.3 is 19.6 Å². The molecule has 2 aliphatic heterocycles. The van der Waals surface area contributed by atoms with Crippen LogP contribution in [0.1, 0.15) is 66.3 Å². The molecule has 13 heteroatoms. The Kier molecular flexibility index (Phi) is 6.98. The van der Waals surface area contributed by atoms with Crippen LogP contribution in [0.2, 0.25) is 0 Å². The zero-order chi connectivity index (χ0) is 29.2. The largest absolute Gasteiger partial charge is 0.474 e. The average Bonchev–Trinajstić information content (AvgIpc) is 3.21. The first-order chi connectivity index (χ1) is 19.4. The summed E-state index contributed by atoms with van der Waals surface area (Å²) in [6.07, 6.45) is -4.89. The molecule has 222 valence electrons. The number of aliphatic hydroxyl groups excluding tert-OH is 1. The molecule has 2 saturated heterocycles. The zero-order valence-electron chi connectivity index (χ0n) is 22.9. The number of hydrogen-bond acceptors (Lipinski definition) is 6. The third-order valence-corrected chi connectivity index (χ3v) is 9.21. The maximum absolute atomic E-state index is 14.2. The molecule has 3 fully saturated rings. The highest BCUT2D eigenvalue weighted by Crippen LogP contribution is 2.62. The smallest absolute Gasteiger partial charge is 0.421 e. The fourth-order valence-corrected chi connectivity index (χ4v) is 6.83. The summed E-state index contributed by atoms with van der Waals surface area (Å²) in [5.74, 6) is -0.0299. The van der Waals surface area contributed by atoms with E-state index in [-0.39, 0.29) is 55.5 Å². The van der Waals surface area contributed by atoms with Crippen molar-refractivity contribution in [2.75, 3.05) is 19.6 Å². The Morgan fingerprint density at radius 2 is 1.98 bits per heavy atom. The molecule has 2 aromatic rings. The van der Waals surface area contributed by atoms with Gasteiger partial charge in [0.25, 0.3) is 5.91 Å². The number of nitrogens with zero attached hydrogens (tertiary/aromatic N) is 5. The molecule has 2 amide bonds. The summed E-state index contributed by atoms with van der Waals surface area (Å²) in [5, 5.41) is 14.3. The predicted molar refractivity (Wildman–Crippen MR) is 137 cm³/mol. The van der Waals surface area contributed by atoms with Crippen molar-refractivity contribution >= 4 is 11.8 Å². The van der Waals surface area contributed by atoms with Gasteiger partial charge in [-0.05, 0) is 49.7 Å². The molecule has 0 unspecified atom stereocenters. The van der Waals surface area contributed by atoms with E-state index >= 15 is 0 Å². The van der Waals surface area contributed by atoms with Crippen LogP contribution in [-0.2, 0) is 23.9 Å². The van der Waals surface area contributed by atoms with E-state index in [1.165, 1.54) is 17.2 Å². The molecule has 0 bridgehead atoms. The number of fused-ring (bicyclic) bond motifs is 3. The normalized spacial score (nSPS) is 31.0. The Morgan fingerprint density at radius 3 is 2.68 bits per heavy atom. The van der Waals surface area contributed by atoms with E-state index in [1.807, 2.05) is 6.92 Å². The molecule has 2 aromatic heterocycles. The second-order valence-corrected chi connectivity index (χ2v) is 11.8. The summed E-state index contributed by atoms with van der Waals surface area (Å²) in [7, 11) is 0. The van der Waals surface area contributed by atoms with Gasteiger partial charge in [0.1, 0.15) is 24.4 Å². The Labute approximate surface area is 234 Å². The van der Waals surface area contributed by atoms with Crippen molar-refractivity contribution in [3.05, 3.63) is 40.8 Å². The molecule has 4 heterocycles. The monoisotopic (exact) mass is 579 g/mol. The molecule has 9 nitrogen and oxygen atoms in total. The highest BCUT2D eigenvalue weighted by molar-refractivity contribution is 5.95. The summed E-state index contributed by atoms with van der Waals surface area (Å²) in [4.78, 5) is 33.7. The van der Waals surface area contributed by atoms with Crippen LogP contribution in [0.3, 0.4) is 0 Å². The number of pyridine rings is 1. The number of ether oxygens (including phenoxy) is 1. The predicted octanol–water partition coefficient (Wildman–Crippen LogP) is 3.21. The van der Waals surface area contributed by atoms with Gasteiger partial charge >= 0.3 is 6.18 Å². The number of halogens is 4. The number of carbonyl (C=O) groups excluding carboxylic acids is 2. The lowest BCUT2D eigenvalue weighted by molar-refractivity contribution is -0.140. The van der Waals surface area contributed by atoms with Crippen LogP contribution in [0.4, 0.5) is 17.6 Å². The maximum atomic E-state index is 14.2. The maximum Gasteiger partial charge on any atom is 0.421 e. The number of likely N-dealkylation sites (tertiary alicyclic amines) is 2. The molecule has 0 spiro atoms. The van der Waals surface area contributed by atoms with Crippen LogP contribution < -0.4 is 4.74 Å². The first-order valence-corrected chi connectivity index (χ1v) is 14.1. The van der Waals surface area contributed by atoms with E-state index in [1.54, 1.807) is 9.58 Å². The molecular weight excluding hydrogens is 546 g/mol. The quantitative estimate of drug-likeness (QED) is 0.547. The van der Waals surface area contributed by atoms with E-state index in [4.69, 9.17) is 4.74 Å². The van der Waals surface area contributed by atoms with E-state index in [9.17, 15) is 32.3 Å². The molecule has 7 atom stereocenters. The van der Waals surface area contributed by atoms with Crippen molar-refractivity contribution in [2.24, 2.45) is 11.8 Å². The SMILES string of the molecule is C[C@@H]1[C@@H]2Cc3c(c(C(=O)N4CC[C@@H](O)[C@@H](F)C4)nn3CC(=O)N3CC[C@@H](Oc4ncccc4C(F)(F)F)C[C@@H]3C)[C@H]12. The molecule has 1 saturated carbocycles. The van der Waals surface area contributed by atoms with Crippen LogP contribution in [0.15, 0.2) is 18.3 Å². The lowest BCUT2D eigenvalue weighted by atomic mass is 10.0. The van der Waals surface area contributed by atoms with Crippen molar-refractivity contribution in [3.63, 3.8) is 0 Å². The molecule has 1 N–H and O–H groups in total. The van der Waals surface area contributed by atoms with E-state index in [2.05, 4.69) is 17.0 Å². The molecule has 6 rings (SSSR count). The number of piperidine rings is 2. The Balaban J connectivity index is 1.14. The number of aliphatic hydroxyl groups is 1. The van der Waals surface area contributed by atoms with Gasteiger partial charge in [-0.15, -0.1) is 0 Å². The first-order valence-electron chi connectivity index (χ1n) is 14.1. The van der Waals surface area contributed by atoms with E-state index in [0.29, 0.717) is 31.2 Å². The van der Waals surface area contributed by atoms with Crippen molar-refractivity contribution in [2.45, 2.75) is 82.6 Å². The van der Waals surface area contributed by atoms with Gasteiger partial charge in [-0.1, -0.05) is 6.92 Å². The fraction of sp³-hybridized carbons (Fsp3) is 0.643. The van der Waals surface area contributed by atoms with Crippen LogP contribution in [0.25, 0.3) is 0 Å². The summed E-state index contributed by atoms with van der Waals surface area (Å²) < 4.78 is 61.5. The van der Waals surface area contributed by atoms with Gasteiger partial charge in [-0.3, -0.25) is 14.3 Å². The number of alkyl halides is 4. The lowest BCUT2D eigenvalue weighted by Crippen LogP contribution is -2.48. The van der Waals surface area contributed by atoms with Gasteiger partial charge in [-0.25, -0.2) is 9.37 Å². The number of hydrogen-bond donors (Lipinski definition) is 1. The number of aromatic nitrogens is 3. The van der Waals surface area contributed by atoms with Crippen molar-refractivity contribution < 1.29 is 37.0 Å². The number of amides is 2. The Hall–Kier alpha value is -3.22. The Morgan fingerprint density at radius 1 is 1.20 bits per heavy atom. The minimum absolute atomic E-state index is 0.0673. The van der Waals surface area contributed by atoms with Crippen molar-refractivity contribution in [3.8, 4) is 5.88 Å². The van der Waals surface area contributed by atoms with Gasteiger partial charge in [0.2, 0.25) is 11.8 Å². The summed E-state index contributed by atoms with van der Waals surface area (Å²) >= 11 is 0. The van der Waals surface area contributed by atoms with Crippen LogP contribution >= 0.6 is 0 Å². The van der Waals surface area contributed by atoms with E-state index in [0.717, 1.165) is 23.7 Å². The average molecular weight is 580 g/mol. The summed E-state index contributed by atoms with van der Waals surface area (Å²) in [6, 6.07) is 1.85. The molecule has 0 aromatic carbocycles. The first kappa shape index (κ1) is 27.9. The number of carbonyl (C=O) groups is 2. The van der Waals surface area contributed by atoms with Crippen LogP contribution in [0.5, 0.6) is 5.88 Å². The highest BCUT2D eigenvalue weighted by Gasteiger charge is 2.57. The minimum Gasteiger partial charge on any atom is -0.474 e. The third kappa shape index (κ3) is 5.06. The molecule has 0 radical (unpaired) electrons. The van der Waals surface area contributed by atoms with Crippen molar-refractivity contribution in [1.82, 2.24) is 24.6 Å². The zero-order valence-corrected chi connectivity index (χ0v) is 22.9.